The molecule has 0 aliphatic carbocycles. The highest BCUT2D eigenvalue weighted by molar-refractivity contribution is 6.15. The Bertz CT molecular complexity index is 1120. The van der Waals surface area contributed by atoms with E-state index < -0.39 is 0 Å². The first-order valence-corrected chi connectivity index (χ1v) is 8.20. The van der Waals surface area contributed by atoms with E-state index in [-0.39, 0.29) is 5.97 Å². The third kappa shape index (κ3) is 1.83. The molecule has 4 rings (SSSR count). The molecule has 4 aromatic rings. The molecule has 24 heavy (non-hydrogen) atoms. The molecule has 0 bridgehead atoms. The summed E-state index contributed by atoms with van der Waals surface area (Å²) in [4.78, 5) is 15.9. The quantitative estimate of drug-likeness (QED) is 0.548. The molecule has 2 heterocycles. The van der Waals surface area contributed by atoms with E-state index in [9.17, 15) is 4.79 Å². The zero-order valence-corrected chi connectivity index (χ0v) is 14.4. The maximum atomic E-state index is 12.4. The summed E-state index contributed by atoms with van der Waals surface area (Å²) in [5, 5.41) is 3.51. The van der Waals surface area contributed by atoms with Crippen molar-refractivity contribution in [3.05, 3.63) is 47.2 Å². The number of nitrogens with zero attached hydrogens (tertiary/aromatic N) is 1. The van der Waals surface area contributed by atoms with E-state index in [1.807, 2.05) is 31.5 Å². The summed E-state index contributed by atoms with van der Waals surface area (Å²) in [6.45, 7) is 6.32. The van der Waals surface area contributed by atoms with Crippen LogP contribution in [0.4, 0.5) is 0 Å². The number of para-hydroxylation sites is 1. The van der Waals surface area contributed by atoms with Crippen LogP contribution in [-0.2, 0) is 11.8 Å². The number of carbonyl (C=O) groups excluding carboxylic acids is 1. The first-order valence-electron chi connectivity index (χ1n) is 8.20. The van der Waals surface area contributed by atoms with Gasteiger partial charge in [-0.2, -0.15) is 0 Å². The van der Waals surface area contributed by atoms with Gasteiger partial charge in [0.2, 0.25) is 0 Å². The van der Waals surface area contributed by atoms with Crippen LogP contribution in [-0.4, -0.2) is 22.1 Å². The monoisotopic (exact) mass is 320 g/mol. The van der Waals surface area contributed by atoms with Crippen LogP contribution in [0.15, 0.2) is 30.3 Å². The number of aromatic nitrogens is 2. The van der Waals surface area contributed by atoms with Crippen LogP contribution in [0.3, 0.4) is 0 Å². The summed E-state index contributed by atoms with van der Waals surface area (Å²) in [6, 6.07) is 10.5. The highest BCUT2D eigenvalue weighted by Gasteiger charge is 2.22. The number of carbonyl (C=O) groups is 1. The average molecular weight is 320 g/mol. The van der Waals surface area contributed by atoms with Crippen molar-refractivity contribution in [2.75, 3.05) is 6.61 Å². The summed E-state index contributed by atoms with van der Waals surface area (Å²) in [5.74, 6) is -0.262. The van der Waals surface area contributed by atoms with E-state index in [1.165, 1.54) is 16.3 Å². The first kappa shape index (κ1) is 14.8. The largest absolute Gasteiger partial charge is 0.461 e. The Hall–Kier alpha value is -2.75. The molecule has 122 valence electrons. The van der Waals surface area contributed by atoms with Crippen LogP contribution in [0.2, 0.25) is 0 Å². The van der Waals surface area contributed by atoms with Gasteiger partial charge in [-0.15, -0.1) is 0 Å². The maximum absolute atomic E-state index is 12.4. The van der Waals surface area contributed by atoms with Crippen LogP contribution in [0, 0.1) is 13.8 Å². The molecule has 4 nitrogen and oxygen atoms in total. The molecule has 0 saturated carbocycles. The van der Waals surface area contributed by atoms with Crippen molar-refractivity contribution in [2.45, 2.75) is 20.8 Å². The van der Waals surface area contributed by atoms with Gasteiger partial charge in [0.15, 0.2) is 0 Å². The van der Waals surface area contributed by atoms with Crippen LogP contribution in [0.25, 0.3) is 32.7 Å². The molecule has 0 atom stereocenters. The summed E-state index contributed by atoms with van der Waals surface area (Å²) >= 11 is 0. The number of fused-ring (bicyclic) bond motifs is 4. The number of rotatable bonds is 2. The topological polar surface area (TPSA) is 47.0 Å². The van der Waals surface area contributed by atoms with Gasteiger partial charge in [0.25, 0.3) is 0 Å². The van der Waals surface area contributed by atoms with E-state index in [4.69, 9.17) is 4.74 Å². The number of hydrogen-bond acceptors (Lipinski definition) is 2. The Morgan fingerprint density at radius 3 is 2.67 bits per heavy atom. The average Bonchev–Trinajstić information content (AvgIpc) is 3.05. The van der Waals surface area contributed by atoms with Crippen molar-refractivity contribution in [3.8, 4) is 0 Å². The molecular formula is C20H20N2O2. The number of ether oxygens (including phenoxy) is 1. The number of benzene rings is 2. The smallest absolute Gasteiger partial charge is 0.355 e. The molecule has 0 aliphatic rings. The minimum Gasteiger partial charge on any atom is -0.461 e. The van der Waals surface area contributed by atoms with Gasteiger partial charge in [0.05, 0.1) is 12.1 Å². The first-order chi connectivity index (χ1) is 11.5. The fourth-order valence-electron chi connectivity index (χ4n) is 3.85. The Labute approximate surface area is 140 Å². The van der Waals surface area contributed by atoms with E-state index >= 15 is 0 Å². The van der Waals surface area contributed by atoms with Gasteiger partial charge in [-0.3, -0.25) is 0 Å². The highest BCUT2D eigenvalue weighted by atomic mass is 16.5. The molecule has 0 fully saturated rings. The number of aromatic amines is 1. The maximum Gasteiger partial charge on any atom is 0.355 e. The van der Waals surface area contributed by atoms with Crippen molar-refractivity contribution in [1.82, 2.24) is 9.55 Å². The van der Waals surface area contributed by atoms with Crippen LogP contribution in [0.1, 0.15) is 28.5 Å². The normalized spacial score (nSPS) is 11.7. The fraction of sp³-hybridized carbons (Fsp3) is 0.250. The minimum absolute atomic E-state index is 0.262. The molecular weight excluding hydrogens is 300 g/mol. The molecule has 0 spiro atoms. The number of H-pyrrole nitrogens is 1. The molecule has 0 radical (unpaired) electrons. The summed E-state index contributed by atoms with van der Waals surface area (Å²) in [5.41, 5.74) is 6.10. The van der Waals surface area contributed by atoms with Crippen LogP contribution in [0.5, 0.6) is 0 Å². The van der Waals surface area contributed by atoms with Gasteiger partial charge in [-0.25, -0.2) is 4.79 Å². The van der Waals surface area contributed by atoms with Gasteiger partial charge in [0.1, 0.15) is 5.69 Å². The molecule has 0 unspecified atom stereocenters. The lowest BCUT2D eigenvalue weighted by molar-refractivity contribution is 0.0515. The molecule has 2 aromatic carbocycles. The summed E-state index contributed by atoms with van der Waals surface area (Å²) in [6.07, 6.45) is 0. The van der Waals surface area contributed by atoms with E-state index in [0.29, 0.717) is 12.3 Å². The van der Waals surface area contributed by atoms with Crippen molar-refractivity contribution < 1.29 is 9.53 Å². The molecule has 0 aliphatic heterocycles. The van der Waals surface area contributed by atoms with E-state index in [0.717, 1.165) is 27.5 Å². The van der Waals surface area contributed by atoms with Crippen LogP contribution >= 0.6 is 0 Å². The van der Waals surface area contributed by atoms with Gasteiger partial charge in [-0.1, -0.05) is 18.2 Å². The molecule has 2 aromatic heterocycles. The number of nitrogens with one attached hydrogen (secondary N) is 1. The number of esters is 1. The second-order valence-electron chi connectivity index (χ2n) is 6.24. The Kier molecular flexibility index (Phi) is 3.17. The van der Waals surface area contributed by atoms with Gasteiger partial charge < -0.3 is 14.3 Å². The van der Waals surface area contributed by atoms with Gasteiger partial charge in [0, 0.05) is 34.2 Å². The molecule has 1 N–H and O–H groups in total. The lowest BCUT2D eigenvalue weighted by Crippen LogP contribution is -2.11. The molecule has 0 saturated heterocycles. The third-order valence-electron chi connectivity index (χ3n) is 4.93. The van der Waals surface area contributed by atoms with E-state index in [1.54, 1.807) is 0 Å². The standard InChI is InChI=1S/C20H20N2O2/c1-5-24-20(23)19-12(3)17-11(2)18-14(10-16(17)22(19)4)13-8-6-7-9-15(13)21-18/h6-10,21H,5H2,1-4H3. The summed E-state index contributed by atoms with van der Waals surface area (Å²) < 4.78 is 7.20. The number of aryl methyl sites for hydroxylation is 3. The zero-order chi connectivity index (χ0) is 17.0. The Morgan fingerprint density at radius 1 is 1.17 bits per heavy atom. The van der Waals surface area contributed by atoms with E-state index in [2.05, 4.69) is 36.2 Å². The number of hydrogen-bond donors (Lipinski definition) is 1. The second-order valence-corrected chi connectivity index (χ2v) is 6.24. The van der Waals surface area contributed by atoms with Gasteiger partial charge in [-0.05, 0) is 44.0 Å². The molecule has 0 amide bonds. The van der Waals surface area contributed by atoms with Crippen molar-refractivity contribution >= 4 is 38.7 Å². The predicted molar refractivity (Wildman–Crippen MR) is 97.7 cm³/mol. The zero-order valence-electron chi connectivity index (χ0n) is 14.4. The van der Waals surface area contributed by atoms with Gasteiger partial charge >= 0.3 is 5.97 Å². The fourth-order valence-corrected chi connectivity index (χ4v) is 3.85. The molecule has 4 heteroatoms. The second kappa shape index (κ2) is 5.13. The third-order valence-corrected chi connectivity index (χ3v) is 4.93. The predicted octanol–water partition coefficient (Wildman–Crippen LogP) is 4.61. The van der Waals surface area contributed by atoms with Crippen molar-refractivity contribution in [2.24, 2.45) is 7.05 Å². The van der Waals surface area contributed by atoms with Crippen LogP contribution < -0.4 is 0 Å². The highest BCUT2D eigenvalue weighted by Crippen LogP contribution is 2.36. The lowest BCUT2D eigenvalue weighted by atomic mass is 10.0. The summed E-state index contributed by atoms with van der Waals surface area (Å²) in [7, 11) is 1.93. The Morgan fingerprint density at radius 2 is 1.92 bits per heavy atom. The minimum atomic E-state index is -0.262. The van der Waals surface area contributed by atoms with Crippen molar-refractivity contribution in [1.29, 1.82) is 0 Å². The lowest BCUT2D eigenvalue weighted by Gasteiger charge is -2.04. The van der Waals surface area contributed by atoms with Crippen molar-refractivity contribution in [3.63, 3.8) is 0 Å². The SMILES string of the molecule is CCOC(=O)c1c(C)c2c(C)c3[nH]c4ccccc4c3cc2n1C. The Balaban J connectivity index is 2.14.